The summed E-state index contributed by atoms with van der Waals surface area (Å²) in [5.74, 6) is -5.50. The van der Waals surface area contributed by atoms with Crippen molar-refractivity contribution in [3.8, 4) is 0 Å². The van der Waals surface area contributed by atoms with Gasteiger partial charge in [0.25, 0.3) is 0 Å². The van der Waals surface area contributed by atoms with E-state index in [0.29, 0.717) is 5.69 Å². The smallest absolute Gasteiger partial charge is 0.327 e. The van der Waals surface area contributed by atoms with Crippen LogP contribution < -0.4 is 21.7 Å². The summed E-state index contributed by atoms with van der Waals surface area (Å²) < 4.78 is 0. The van der Waals surface area contributed by atoms with Crippen LogP contribution in [0.4, 0.5) is 0 Å². The van der Waals surface area contributed by atoms with Crippen molar-refractivity contribution < 1.29 is 34.2 Å². The molecule has 0 spiro atoms. The number of nitrogens with one attached hydrogen (secondary N) is 4. The number of aromatic amines is 1. The molecule has 0 aliphatic carbocycles. The molecule has 14 heteroatoms. The van der Waals surface area contributed by atoms with Crippen LogP contribution in [0.5, 0.6) is 0 Å². The third-order valence-corrected chi connectivity index (χ3v) is 4.75. The van der Waals surface area contributed by atoms with Gasteiger partial charge in [0.1, 0.15) is 18.1 Å². The number of carboxylic acid groups (broad SMARTS) is 2. The van der Waals surface area contributed by atoms with Gasteiger partial charge in [-0.05, 0) is 5.92 Å². The molecule has 1 heterocycles. The highest BCUT2D eigenvalue weighted by atomic mass is 32.1. The fraction of sp³-hybridized carbons (Fsp3) is 0.556. The van der Waals surface area contributed by atoms with Crippen LogP contribution in [0.3, 0.4) is 0 Å². The van der Waals surface area contributed by atoms with Gasteiger partial charge in [0, 0.05) is 24.1 Å². The lowest BCUT2D eigenvalue weighted by molar-refractivity contribution is -0.141. The molecule has 0 aromatic carbocycles. The van der Waals surface area contributed by atoms with Gasteiger partial charge in [-0.25, -0.2) is 9.78 Å². The van der Waals surface area contributed by atoms with E-state index in [1.807, 2.05) is 0 Å². The Morgan fingerprint density at radius 2 is 1.69 bits per heavy atom. The molecule has 0 saturated heterocycles. The maximum absolute atomic E-state index is 12.9. The number of nitrogens with two attached hydrogens (primary N) is 1. The maximum atomic E-state index is 12.9. The summed E-state index contributed by atoms with van der Waals surface area (Å²) in [5, 5.41) is 25.1. The molecule has 0 aliphatic heterocycles. The van der Waals surface area contributed by atoms with Crippen molar-refractivity contribution in [1.82, 2.24) is 25.9 Å². The number of carboxylic acids is 2. The van der Waals surface area contributed by atoms with Gasteiger partial charge in [-0.1, -0.05) is 13.8 Å². The standard InChI is InChI=1S/C18H28N6O7S/c1-8(2)14(24-15(27)10(19)4-13(25)26)17(29)22-11(3-9-5-20-7-21-9)16(28)23-12(6-32)18(30)31/h5,7-8,10-12,14,32H,3-4,6,19H2,1-2H3,(H,20,21)(H,22,29)(H,23,28)(H,24,27)(H,25,26)(H,30,31). The van der Waals surface area contributed by atoms with E-state index in [-0.39, 0.29) is 12.2 Å². The van der Waals surface area contributed by atoms with E-state index in [2.05, 4.69) is 38.5 Å². The summed E-state index contributed by atoms with van der Waals surface area (Å²) in [6.07, 6.45) is 2.16. The third kappa shape index (κ3) is 8.55. The van der Waals surface area contributed by atoms with Crippen molar-refractivity contribution in [1.29, 1.82) is 0 Å². The number of carbonyl (C=O) groups is 5. The lowest BCUT2D eigenvalue weighted by Gasteiger charge is -2.26. The minimum atomic E-state index is -1.36. The quantitative estimate of drug-likeness (QED) is 0.147. The van der Waals surface area contributed by atoms with Crippen molar-refractivity contribution >= 4 is 42.3 Å². The summed E-state index contributed by atoms with van der Waals surface area (Å²) >= 11 is 3.90. The molecule has 32 heavy (non-hydrogen) atoms. The molecule has 1 aromatic heterocycles. The summed E-state index contributed by atoms with van der Waals surface area (Å²) in [5.41, 5.74) is 6.04. The number of aromatic nitrogens is 2. The van der Waals surface area contributed by atoms with Crippen molar-refractivity contribution in [3.63, 3.8) is 0 Å². The topological polar surface area (TPSA) is 217 Å². The Kier molecular flexibility index (Phi) is 10.6. The van der Waals surface area contributed by atoms with E-state index in [4.69, 9.17) is 15.9 Å². The van der Waals surface area contributed by atoms with E-state index in [1.165, 1.54) is 12.5 Å². The minimum absolute atomic E-state index is 0.0340. The highest BCUT2D eigenvalue weighted by Crippen LogP contribution is 2.06. The van der Waals surface area contributed by atoms with Gasteiger partial charge in [-0.15, -0.1) is 0 Å². The Labute approximate surface area is 189 Å². The molecule has 1 rings (SSSR count). The lowest BCUT2D eigenvalue weighted by atomic mass is 10.0. The number of rotatable bonds is 13. The van der Waals surface area contributed by atoms with Crippen LogP contribution in [0.2, 0.25) is 0 Å². The lowest BCUT2D eigenvalue weighted by Crippen LogP contribution is -2.59. The SMILES string of the molecule is CC(C)C(NC(=O)C(N)CC(=O)O)C(=O)NC(Cc1cnc[nH]1)C(=O)NC(CS)C(=O)O. The minimum Gasteiger partial charge on any atom is -0.481 e. The second-order valence-electron chi connectivity index (χ2n) is 7.36. The zero-order valence-electron chi connectivity index (χ0n) is 17.6. The molecule has 4 atom stereocenters. The Morgan fingerprint density at radius 1 is 1.06 bits per heavy atom. The fourth-order valence-corrected chi connectivity index (χ4v) is 2.87. The van der Waals surface area contributed by atoms with Crippen LogP contribution in [-0.2, 0) is 30.4 Å². The van der Waals surface area contributed by atoms with Crippen molar-refractivity contribution in [2.45, 2.75) is 50.9 Å². The van der Waals surface area contributed by atoms with E-state index in [0.717, 1.165) is 0 Å². The third-order valence-electron chi connectivity index (χ3n) is 4.39. The van der Waals surface area contributed by atoms with Crippen LogP contribution >= 0.6 is 12.6 Å². The largest absolute Gasteiger partial charge is 0.481 e. The van der Waals surface area contributed by atoms with Crippen LogP contribution in [0.15, 0.2) is 12.5 Å². The number of thiol groups is 1. The van der Waals surface area contributed by atoms with E-state index in [9.17, 15) is 24.0 Å². The Morgan fingerprint density at radius 3 is 2.16 bits per heavy atom. The first-order chi connectivity index (χ1) is 15.0. The summed E-state index contributed by atoms with van der Waals surface area (Å²) in [6, 6.07) is -4.96. The number of hydrogen-bond acceptors (Lipinski definition) is 8. The predicted molar refractivity (Wildman–Crippen MR) is 115 cm³/mol. The predicted octanol–water partition coefficient (Wildman–Crippen LogP) is -2.12. The summed E-state index contributed by atoms with van der Waals surface area (Å²) in [4.78, 5) is 66.4. The van der Waals surface area contributed by atoms with E-state index >= 15 is 0 Å². The zero-order valence-corrected chi connectivity index (χ0v) is 18.5. The van der Waals surface area contributed by atoms with Crippen LogP contribution in [0.25, 0.3) is 0 Å². The number of aliphatic carboxylic acids is 2. The number of nitrogens with zero attached hydrogens (tertiary/aromatic N) is 1. The number of amides is 3. The first-order valence-electron chi connectivity index (χ1n) is 9.65. The second kappa shape index (κ2) is 12.7. The highest BCUT2D eigenvalue weighted by Gasteiger charge is 2.32. The first-order valence-corrected chi connectivity index (χ1v) is 10.3. The second-order valence-corrected chi connectivity index (χ2v) is 7.72. The van der Waals surface area contributed by atoms with Crippen LogP contribution in [-0.4, -0.2) is 79.8 Å². The molecule has 0 saturated carbocycles. The first kappa shape index (κ1) is 26.9. The van der Waals surface area contributed by atoms with Gasteiger partial charge in [-0.3, -0.25) is 19.2 Å². The monoisotopic (exact) mass is 472 g/mol. The maximum Gasteiger partial charge on any atom is 0.327 e. The Balaban J connectivity index is 2.99. The Hall–Kier alpha value is -3.13. The summed E-state index contributed by atoms with van der Waals surface area (Å²) in [7, 11) is 0. The Bertz CT molecular complexity index is 817. The molecule has 0 bridgehead atoms. The molecular weight excluding hydrogens is 444 g/mol. The molecule has 178 valence electrons. The average Bonchev–Trinajstić information content (AvgIpc) is 3.21. The number of imidazole rings is 1. The molecule has 4 unspecified atom stereocenters. The van der Waals surface area contributed by atoms with Crippen LogP contribution in [0.1, 0.15) is 26.0 Å². The molecule has 0 aliphatic rings. The summed E-state index contributed by atoms with van der Waals surface area (Å²) in [6.45, 7) is 3.27. The average molecular weight is 473 g/mol. The van der Waals surface area contributed by atoms with Crippen molar-refractivity contribution in [3.05, 3.63) is 18.2 Å². The molecule has 8 N–H and O–H groups in total. The van der Waals surface area contributed by atoms with Gasteiger partial charge in [0.15, 0.2) is 0 Å². The zero-order chi connectivity index (χ0) is 24.4. The molecule has 0 radical (unpaired) electrons. The van der Waals surface area contributed by atoms with E-state index in [1.54, 1.807) is 13.8 Å². The van der Waals surface area contributed by atoms with Gasteiger partial charge in [-0.2, -0.15) is 12.6 Å². The molecular formula is C18H28N6O7S. The molecule has 3 amide bonds. The molecule has 13 nitrogen and oxygen atoms in total. The number of hydrogen-bond donors (Lipinski definition) is 8. The van der Waals surface area contributed by atoms with Gasteiger partial charge >= 0.3 is 11.9 Å². The highest BCUT2D eigenvalue weighted by molar-refractivity contribution is 7.80. The normalized spacial score (nSPS) is 14.7. The number of carbonyl (C=O) groups excluding carboxylic acids is 3. The van der Waals surface area contributed by atoms with Gasteiger partial charge < -0.3 is 36.9 Å². The van der Waals surface area contributed by atoms with Crippen LogP contribution in [0, 0.1) is 5.92 Å². The fourth-order valence-electron chi connectivity index (χ4n) is 2.62. The van der Waals surface area contributed by atoms with Gasteiger partial charge in [0.05, 0.1) is 18.8 Å². The molecule has 1 aromatic rings. The van der Waals surface area contributed by atoms with Crippen molar-refractivity contribution in [2.24, 2.45) is 11.7 Å². The van der Waals surface area contributed by atoms with E-state index < -0.39 is 66.2 Å². The van der Waals surface area contributed by atoms with Crippen molar-refractivity contribution in [2.75, 3.05) is 5.75 Å². The number of H-pyrrole nitrogens is 1. The molecule has 0 fully saturated rings. The van der Waals surface area contributed by atoms with Gasteiger partial charge in [0.2, 0.25) is 17.7 Å².